The second-order valence-electron chi connectivity index (χ2n) is 4.65. The molecule has 2 atom stereocenters. The predicted molar refractivity (Wildman–Crippen MR) is 70.7 cm³/mol. The Morgan fingerprint density at radius 3 is 3.00 bits per heavy atom. The fourth-order valence-electron chi connectivity index (χ4n) is 1.99. The van der Waals surface area contributed by atoms with E-state index in [2.05, 4.69) is 0 Å². The van der Waals surface area contributed by atoms with Crippen LogP contribution in [0.3, 0.4) is 0 Å². The third-order valence-electron chi connectivity index (χ3n) is 3.13. The van der Waals surface area contributed by atoms with Crippen molar-refractivity contribution in [2.75, 3.05) is 19.7 Å². The van der Waals surface area contributed by atoms with Crippen molar-refractivity contribution in [1.82, 2.24) is 4.90 Å². The Hall–Kier alpha value is -1.17. The number of amides is 1. The first-order valence-electron chi connectivity index (χ1n) is 6.10. The van der Waals surface area contributed by atoms with E-state index in [1.165, 1.54) is 18.2 Å². The summed E-state index contributed by atoms with van der Waals surface area (Å²) >= 11 is 5.69. The number of hydrogen-bond acceptors (Lipinski definition) is 3. The second-order valence-corrected chi connectivity index (χ2v) is 5.06. The fourth-order valence-corrected chi connectivity index (χ4v) is 2.17. The number of morpholine rings is 1. The zero-order valence-electron chi connectivity index (χ0n) is 10.6. The summed E-state index contributed by atoms with van der Waals surface area (Å²) in [5.74, 6) is -0.718. The summed E-state index contributed by atoms with van der Waals surface area (Å²) in [6.07, 6.45) is -0.173. The van der Waals surface area contributed by atoms with E-state index in [1.807, 2.05) is 6.92 Å². The maximum Gasteiger partial charge on any atom is 0.254 e. The molecule has 1 saturated heterocycles. The average molecular weight is 287 g/mol. The Balaban J connectivity index is 2.12. The number of ether oxygens (including phenoxy) is 1. The molecule has 4 nitrogen and oxygen atoms in total. The van der Waals surface area contributed by atoms with Gasteiger partial charge in [0.25, 0.3) is 5.91 Å². The van der Waals surface area contributed by atoms with Gasteiger partial charge in [-0.2, -0.15) is 0 Å². The molecule has 1 aromatic rings. The molecule has 1 amide bonds. The molecule has 1 aromatic carbocycles. The van der Waals surface area contributed by atoms with Crippen molar-refractivity contribution in [2.24, 2.45) is 5.73 Å². The lowest BCUT2D eigenvalue weighted by molar-refractivity contribution is -0.0300. The molecule has 0 saturated carbocycles. The molecule has 6 heteroatoms. The van der Waals surface area contributed by atoms with Crippen LogP contribution < -0.4 is 5.73 Å². The van der Waals surface area contributed by atoms with Gasteiger partial charge in [0, 0.05) is 24.7 Å². The Morgan fingerprint density at radius 1 is 1.63 bits per heavy atom. The van der Waals surface area contributed by atoms with Crippen molar-refractivity contribution >= 4 is 17.5 Å². The van der Waals surface area contributed by atoms with Crippen molar-refractivity contribution in [2.45, 2.75) is 19.1 Å². The van der Waals surface area contributed by atoms with Crippen molar-refractivity contribution in [3.63, 3.8) is 0 Å². The number of rotatable bonds is 2. The van der Waals surface area contributed by atoms with Gasteiger partial charge < -0.3 is 15.4 Å². The number of carbonyl (C=O) groups is 1. The highest BCUT2D eigenvalue weighted by molar-refractivity contribution is 6.31. The number of halogens is 2. The van der Waals surface area contributed by atoms with Crippen molar-refractivity contribution in [3.8, 4) is 0 Å². The minimum Gasteiger partial charge on any atom is -0.373 e. The lowest BCUT2D eigenvalue weighted by Gasteiger charge is -2.34. The average Bonchev–Trinajstić information content (AvgIpc) is 2.41. The van der Waals surface area contributed by atoms with E-state index in [1.54, 1.807) is 4.90 Å². The summed E-state index contributed by atoms with van der Waals surface area (Å²) in [6, 6.07) is 3.82. The van der Waals surface area contributed by atoms with E-state index in [0.717, 1.165) is 0 Å². The quantitative estimate of drug-likeness (QED) is 0.900. The molecular formula is C13H16ClFN2O2. The van der Waals surface area contributed by atoms with Crippen LogP contribution in [0.15, 0.2) is 18.2 Å². The van der Waals surface area contributed by atoms with Gasteiger partial charge >= 0.3 is 0 Å². The fraction of sp³-hybridized carbons (Fsp3) is 0.462. The summed E-state index contributed by atoms with van der Waals surface area (Å²) in [7, 11) is 0. The molecule has 0 radical (unpaired) electrons. The molecule has 2 unspecified atom stereocenters. The van der Waals surface area contributed by atoms with Crippen LogP contribution in [0.5, 0.6) is 0 Å². The first-order valence-corrected chi connectivity index (χ1v) is 6.48. The molecular weight excluding hydrogens is 271 g/mol. The molecule has 1 fully saturated rings. The molecule has 0 aliphatic carbocycles. The minimum atomic E-state index is -0.534. The zero-order chi connectivity index (χ0) is 14.0. The first-order chi connectivity index (χ1) is 8.99. The molecule has 104 valence electrons. The molecule has 0 bridgehead atoms. The first kappa shape index (κ1) is 14.2. The Labute approximate surface area is 116 Å². The lowest BCUT2D eigenvalue weighted by Crippen LogP contribution is -2.51. The number of benzene rings is 1. The summed E-state index contributed by atoms with van der Waals surface area (Å²) in [6.45, 7) is 3.23. The van der Waals surface area contributed by atoms with Gasteiger partial charge in [0.1, 0.15) is 5.82 Å². The maximum absolute atomic E-state index is 13.1. The molecule has 19 heavy (non-hydrogen) atoms. The van der Waals surface area contributed by atoms with Gasteiger partial charge in [0.15, 0.2) is 0 Å². The van der Waals surface area contributed by atoms with Crippen LogP contribution in [0.1, 0.15) is 17.3 Å². The lowest BCUT2D eigenvalue weighted by atomic mass is 10.1. The van der Waals surface area contributed by atoms with Gasteiger partial charge in [-0.1, -0.05) is 11.6 Å². The van der Waals surface area contributed by atoms with Crippen LogP contribution in [0, 0.1) is 5.82 Å². The SMILES string of the molecule is CC(N)C1CN(C(=O)c2ccc(F)c(Cl)c2)CCO1. The number of carbonyl (C=O) groups excluding carboxylic acids is 1. The van der Waals surface area contributed by atoms with Gasteiger partial charge in [-0.15, -0.1) is 0 Å². The van der Waals surface area contributed by atoms with Crippen LogP contribution in [0.25, 0.3) is 0 Å². The standard InChI is InChI=1S/C13H16ClFN2O2/c1-8(16)12-7-17(4-5-19-12)13(18)9-2-3-11(15)10(14)6-9/h2-3,6,8,12H,4-5,7,16H2,1H3. The molecule has 0 aromatic heterocycles. The van der Waals surface area contributed by atoms with Crippen LogP contribution in [0.2, 0.25) is 5.02 Å². The van der Waals surface area contributed by atoms with Gasteiger partial charge in [-0.25, -0.2) is 4.39 Å². The third kappa shape index (κ3) is 3.23. The van der Waals surface area contributed by atoms with Crippen LogP contribution in [0.4, 0.5) is 4.39 Å². The maximum atomic E-state index is 13.1. The summed E-state index contributed by atoms with van der Waals surface area (Å²) in [5, 5.41) is -0.0529. The molecule has 0 spiro atoms. The monoisotopic (exact) mass is 286 g/mol. The normalized spacial score (nSPS) is 21.3. The minimum absolute atomic E-state index is 0.0529. The van der Waals surface area contributed by atoms with Gasteiger partial charge in [0.05, 0.1) is 17.7 Å². The second kappa shape index (κ2) is 5.86. The third-order valence-corrected chi connectivity index (χ3v) is 3.42. The summed E-state index contributed by atoms with van der Waals surface area (Å²) in [5.41, 5.74) is 6.15. The number of nitrogens with two attached hydrogens (primary N) is 1. The van der Waals surface area contributed by atoms with E-state index in [0.29, 0.717) is 25.3 Å². The van der Waals surface area contributed by atoms with E-state index in [4.69, 9.17) is 22.1 Å². The van der Waals surface area contributed by atoms with E-state index < -0.39 is 5.82 Å². The van der Waals surface area contributed by atoms with Crippen molar-refractivity contribution < 1.29 is 13.9 Å². The Kier molecular flexibility index (Phi) is 4.39. The van der Waals surface area contributed by atoms with Gasteiger partial charge in [-0.05, 0) is 25.1 Å². The number of hydrogen-bond donors (Lipinski definition) is 1. The summed E-state index contributed by atoms with van der Waals surface area (Å²) < 4.78 is 18.6. The highest BCUT2D eigenvalue weighted by Crippen LogP contribution is 2.18. The number of nitrogens with zero attached hydrogens (tertiary/aromatic N) is 1. The van der Waals surface area contributed by atoms with Crippen LogP contribution in [-0.4, -0.2) is 42.6 Å². The molecule has 1 aliphatic rings. The Morgan fingerprint density at radius 2 is 2.37 bits per heavy atom. The van der Waals surface area contributed by atoms with Gasteiger partial charge in [-0.3, -0.25) is 4.79 Å². The van der Waals surface area contributed by atoms with Gasteiger partial charge in [0.2, 0.25) is 0 Å². The highest BCUT2D eigenvalue weighted by atomic mass is 35.5. The molecule has 1 aliphatic heterocycles. The van der Waals surface area contributed by atoms with Crippen LogP contribution in [-0.2, 0) is 4.74 Å². The smallest absolute Gasteiger partial charge is 0.254 e. The van der Waals surface area contributed by atoms with Crippen molar-refractivity contribution in [3.05, 3.63) is 34.6 Å². The zero-order valence-corrected chi connectivity index (χ0v) is 11.4. The van der Waals surface area contributed by atoms with E-state index in [9.17, 15) is 9.18 Å². The topological polar surface area (TPSA) is 55.6 Å². The Bertz CT molecular complexity index is 482. The largest absolute Gasteiger partial charge is 0.373 e. The predicted octanol–water partition coefficient (Wildman–Crippen LogP) is 1.67. The van der Waals surface area contributed by atoms with E-state index >= 15 is 0 Å². The van der Waals surface area contributed by atoms with Crippen LogP contribution >= 0.6 is 11.6 Å². The highest BCUT2D eigenvalue weighted by Gasteiger charge is 2.27. The summed E-state index contributed by atoms with van der Waals surface area (Å²) in [4.78, 5) is 13.9. The van der Waals surface area contributed by atoms with E-state index in [-0.39, 0.29) is 23.1 Å². The molecule has 2 rings (SSSR count). The molecule has 1 heterocycles. The molecule has 2 N–H and O–H groups in total. The van der Waals surface area contributed by atoms with Crippen molar-refractivity contribution in [1.29, 1.82) is 0 Å².